The predicted octanol–water partition coefficient (Wildman–Crippen LogP) is 2.09. The van der Waals surface area contributed by atoms with Gasteiger partial charge in [0.25, 0.3) is 0 Å². The largest absolute Gasteiger partial charge is 0.467 e. The zero-order valence-corrected chi connectivity index (χ0v) is 9.15. The number of aliphatic hydroxyl groups is 1. The first kappa shape index (κ1) is 10.7. The number of nitrogens with one attached hydrogen (secondary N) is 1. The highest BCUT2D eigenvalue weighted by molar-refractivity contribution is 5.02. The smallest absolute Gasteiger partial charge is 0.133 e. The molecule has 1 fully saturated rings. The Morgan fingerprint density at radius 2 is 2.40 bits per heavy atom. The van der Waals surface area contributed by atoms with Crippen LogP contribution in [0.15, 0.2) is 22.8 Å². The second-order valence-corrected chi connectivity index (χ2v) is 4.42. The molecule has 0 aliphatic heterocycles. The van der Waals surface area contributed by atoms with E-state index in [1.165, 1.54) is 19.3 Å². The van der Waals surface area contributed by atoms with Crippen LogP contribution in [0.2, 0.25) is 0 Å². The molecule has 1 saturated carbocycles. The van der Waals surface area contributed by atoms with E-state index in [4.69, 9.17) is 4.42 Å². The third-order valence-corrected chi connectivity index (χ3v) is 3.36. The van der Waals surface area contributed by atoms with Gasteiger partial charge in [-0.25, -0.2) is 0 Å². The van der Waals surface area contributed by atoms with E-state index in [1.54, 1.807) is 18.4 Å². The van der Waals surface area contributed by atoms with E-state index in [2.05, 4.69) is 12.2 Å². The molecule has 0 bridgehead atoms. The van der Waals surface area contributed by atoms with E-state index >= 15 is 0 Å². The second kappa shape index (κ2) is 4.81. The minimum Gasteiger partial charge on any atom is -0.467 e. The summed E-state index contributed by atoms with van der Waals surface area (Å²) in [5.74, 6) is 1.44. The molecule has 2 N–H and O–H groups in total. The second-order valence-electron chi connectivity index (χ2n) is 4.42. The van der Waals surface area contributed by atoms with Crippen LogP contribution >= 0.6 is 0 Å². The molecular weight excluding hydrogens is 190 g/mol. The number of furan rings is 1. The van der Waals surface area contributed by atoms with Gasteiger partial charge in [0.15, 0.2) is 0 Å². The maximum atomic E-state index is 9.77. The van der Waals surface area contributed by atoms with Crippen molar-refractivity contribution in [1.82, 2.24) is 5.32 Å². The summed E-state index contributed by atoms with van der Waals surface area (Å²) in [4.78, 5) is 0. The van der Waals surface area contributed by atoms with Gasteiger partial charge < -0.3 is 14.8 Å². The lowest BCUT2D eigenvalue weighted by atomic mass is 9.80. The third kappa shape index (κ3) is 2.61. The zero-order valence-electron chi connectivity index (χ0n) is 9.15. The molecule has 0 aromatic carbocycles. The van der Waals surface area contributed by atoms with Gasteiger partial charge in [0.2, 0.25) is 0 Å². The Kier molecular flexibility index (Phi) is 3.44. The molecule has 3 heteroatoms. The molecule has 1 aliphatic carbocycles. The summed E-state index contributed by atoms with van der Waals surface area (Å²) in [5, 5.41) is 13.1. The fourth-order valence-corrected chi connectivity index (χ4v) is 1.99. The van der Waals surface area contributed by atoms with Crippen molar-refractivity contribution < 1.29 is 9.52 Å². The van der Waals surface area contributed by atoms with Gasteiger partial charge >= 0.3 is 0 Å². The molecular formula is C12H19NO2. The normalized spacial score (nSPS) is 20.9. The van der Waals surface area contributed by atoms with Crippen molar-refractivity contribution in [3.8, 4) is 0 Å². The average molecular weight is 209 g/mol. The summed E-state index contributed by atoms with van der Waals surface area (Å²) >= 11 is 0. The van der Waals surface area contributed by atoms with Crippen molar-refractivity contribution in [1.29, 1.82) is 0 Å². The summed E-state index contributed by atoms with van der Waals surface area (Å²) in [7, 11) is 0. The Morgan fingerprint density at radius 3 is 2.93 bits per heavy atom. The molecule has 0 spiro atoms. The van der Waals surface area contributed by atoms with Crippen LogP contribution in [0.25, 0.3) is 0 Å². The Morgan fingerprint density at radius 1 is 1.60 bits per heavy atom. The highest BCUT2D eigenvalue weighted by Crippen LogP contribution is 2.29. The van der Waals surface area contributed by atoms with E-state index in [0.717, 1.165) is 5.92 Å². The molecule has 0 saturated heterocycles. The van der Waals surface area contributed by atoms with Crippen molar-refractivity contribution in [3.05, 3.63) is 24.2 Å². The van der Waals surface area contributed by atoms with E-state index < -0.39 is 6.10 Å². The molecule has 84 valence electrons. The lowest BCUT2D eigenvalue weighted by Crippen LogP contribution is -2.39. The van der Waals surface area contributed by atoms with E-state index in [-0.39, 0.29) is 0 Å². The van der Waals surface area contributed by atoms with Gasteiger partial charge in [0.1, 0.15) is 11.9 Å². The van der Waals surface area contributed by atoms with E-state index in [1.807, 2.05) is 0 Å². The minimum atomic E-state index is -0.525. The van der Waals surface area contributed by atoms with E-state index in [0.29, 0.717) is 18.3 Å². The Hall–Kier alpha value is -0.800. The lowest BCUT2D eigenvalue weighted by Gasteiger charge is -2.32. The van der Waals surface area contributed by atoms with Crippen LogP contribution in [0, 0.1) is 5.92 Å². The van der Waals surface area contributed by atoms with Crippen LogP contribution in [-0.4, -0.2) is 17.7 Å². The van der Waals surface area contributed by atoms with Crippen LogP contribution in [0.3, 0.4) is 0 Å². The maximum absolute atomic E-state index is 9.77. The van der Waals surface area contributed by atoms with Crippen LogP contribution < -0.4 is 5.32 Å². The van der Waals surface area contributed by atoms with E-state index in [9.17, 15) is 5.11 Å². The summed E-state index contributed by atoms with van der Waals surface area (Å²) in [6.07, 6.45) is 5.07. The fraction of sp³-hybridized carbons (Fsp3) is 0.667. The van der Waals surface area contributed by atoms with Gasteiger partial charge in [-0.3, -0.25) is 0 Å². The maximum Gasteiger partial charge on any atom is 0.133 e. The van der Waals surface area contributed by atoms with Crippen LogP contribution in [0.5, 0.6) is 0 Å². The SMILES string of the molecule is CC(NCC(O)c1ccco1)C1CCC1. The molecule has 1 heterocycles. The standard InChI is InChI=1S/C12H19NO2/c1-9(10-4-2-5-10)13-8-11(14)12-6-3-7-15-12/h3,6-7,9-11,13-14H,2,4-5,8H2,1H3. The molecule has 0 amide bonds. The number of aliphatic hydroxyl groups excluding tert-OH is 1. The molecule has 1 aromatic rings. The molecule has 15 heavy (non-hydrogen) atoms. The molecule has 1 aromatic heterocycles. The Balaban J connectivity index is 1.72. The first-order chi connectivity index (χ1) is 7.27. The van der Waals surface area contributed by atoms with Gasteiger partial charge in [0.05, 0.1) is 6.26 Å². The summed E-state index contributed by atoms with van der Waals surface area (Å²) in [6, 6.07) is 4.11. The van der Waals surface area contributed by atoms with Crippen molar-refractivity contribution in [2.75, 3.05) is 6.54 Å². The Labute approximate surface area is 90.5 Å². The van der Waals surface area contributed by atoms with Crippen molar-refractivity contribution in [2.24, 2.45) is 5.92 Å². The van der Waals surface area contributed by atoms with Gasteiger partial charge in [-0.1, -0.05) is 6.42 Å². The van der Waals surface area contributed by atoms with Crippen LogP contribution in [0.1, 0.15) is 38.1 Å². The van der Waals surface area contributed by atoms with Crippen LogP contribution in [0.4, 0.5) is 0 Å². The molecule has 2 atom stereocenters. The van der Waals surface area contributed by atoms with Crippen LogP contribution in [-0.2, 0) is 0 Å². The van der Waals surface area contributed by atoms with Crippen molar-refractivity contribution in [3.63, 3.8) is 0 Å². The summed E-state index contributed by atoms with van der Waals surface area (Å²) in [6.45, 7) is 2.77. The number of hydrogen-bond acceptors (Lipinski definition) is 3. The fourth-order valence-electron chi connectivity index (χ4n) is 1.99. The van der Waals surface area contributed by atoms with Gasteiger partial charge in [-0.05, 0) is 37.8 Å². The molecule has 0 radical (unpaired) electrons. The summed E-state index contributed by atoms with van der Waals surface area (Å²) < 4.78 is 5.14. The average Bonchev–Trinajstić information content (AvgIpc) is 2.63. The monoisotopic (exact) mass is 209 g/mol. The molecule has 2 rings (SSSR count). The van der Waals surface area contributed by atoms with Gasteiger partial charge in [0, 0.05) is 12.6 Å². The van der Waals surface area contributed by atoms with Gasteiger partial charge in [-0.15, -0.1) is 0 Å². The minimum absolute atomic E-state index is 0.503. The van der Waals surface area contributed by atoms with Crippen molar-refractivity contribution in [2.45, 2.75) is 38.3 Å². The third-order valence-electron chi connectivity index (χ3n) is 3.36. The highest BCUT2D eigenvalue weighted by atomic mass is 16.4. The molecule has 2 unspecified atom stereocenters. The van der Waals surface area contributed by atoms with Gasteiger partial charge in [-0.2, -0.15) is 0 Å². The Bertz CT molecular complexity index is 280. The zero-order chi connectivity index (χ0) is 10.7. The molecule has 3 nitrogen and oxygen atoms in total. The number of hydrogen-bond donors (Lipinski definition) is 2. The topological polar surface area (TPSA) is 45.4 Å². The number of rotatable bonds is 5. The van der Waals surface area contributed by atoms with Crippen molar-refractivity contribution >= 4 is 0 Å². The molecule has 1 aliphatic rings. The quantitative estimate of drug-likeness (QED) is 0.780. The lowest BCUT2D eigenvalue weighted by molar-refractivity contribution is 0.133. The predicted molar refractivity (Wildman–Crippen MR) is 58.5 cm³/mol. The first-order valence-corrected chi connectivity index (χ1v) is 5.72. The summed E-state index contributed by atoms with van der Waals surface area (Å²) in [5.41, 5.74) is 0. The first-order valence-electron chi connectivity index (χ1n) is 5.72. The highest BCUT2D eigenvalue weighted by Gasteiger charge is 2.24.